The highest BCUT2D eigenvalue weighted by Gasteiger charge is 2.26. The molecule has 1 aromatic carbocycles. The van der Waals surface area contributed by atoms with Gasteiger partial charge in [0.15, 0.2) is 0 Å². The Morgan fingerprint density at radius 3 is 2.38 bits per heavy atom. The molecule has 1 aliphatic rings. The maximum Gasteiger partial charge on any atom is 0.354 e. The van der Waals surface area contributed by atoms with Crippen molar-refractivity contribution in [3.05, 3.63) is 57.8 Å². The van der Waals surface area contributed by atoms with Gasteiger partial charge in [0.1, 0.15) is 5.69 Å². The molecule has 2 heterocycles. The molecular formula is C19H20Cl2N2O3. The first-order valence-electron chi connectivity index (χ1n) is 8.47. The van der Waals surface area contributed by atoms with Crippen LogP contribution in [0.1, 0.15) is 34.9 Å². The molecule has 2 aromatic rings. The molecule has 0 unspecified atom stereocenters. The predicted molar refractivity (Wildman–Crippen MR) is 101 cm³/mol. The number of piperidine rings is 1. The van der Waals surface area contributed by atoms with Crippen molar-refractivity contribution in [3.8, 4) is 0 Å². The number of ether oxygens (including phenoxy) is 1. The molecule has 0 radical (unpaired) electrons. The van der Waals surface area contributed by atoms with Crippen LogP contribution in [-0.4, -0.2) is 41.5 Å². The maximum atomic E-state index is 12.6. The van der Waals surface area contributed by atoms with Gasteiger partial charge in [0.25, 0.3) is 0 Å². The summed E-state index contributed by atoms with van der Waals surface area (Å²) in [5, 5.41) is 1.02. The molecule has 1 aromatic heterocycles. The van der Waals surface area contributed by atoms with E-state index >= 15 is 0 Å². The number of rotatable bonds is 4. The van der Waals surface area contributed by atoms with Crippen LogP contribution in [0.5, 0.6) is 0 Å². The molecule has 7 heteroatoms. The normalized spacial score (nSPS) is 15.1. The molecule has 0 spiro atoms. The fourth-order valence-electron chi connectivity index (χ4n) is 3.35. The fourth-order valence-corrected chi connectivity index (χ4v) is 3.88. The quantitative estimate of drug-likeness (QED) is 0.736. The van der Waals surface area contributed by atoms with E-state index in [1.54, 1.807) is 24.3 Å². The summed E-state index contributed by atoms with van der Waals surface area (Å²) in [6.45, 7) is 1.26. The first-order chi connectivity index (χ1) is 12.5. The summed E-state index contributed by atoms with van der Waals surface area (Å²) in [5.74, 6) is -0.332. The zero-order chi connectivity index (χ0) is 18.7. The number of carbonyl (C=O) groups is 2. The van der Waals surface area contributed by atoms with Crippen molar-refractivity contribution in [2.75, 3.05) is 20.2 Å². The fraction of sp³-hybridized carbons (Fsp3) is 0.368. The highest BCUT2D eigenvalue weighted by molar-refractivity contribution is 6.36. The molecule has 1 amide bonds. The summed E-state index contributed by atoms with van der Waals surface area (Å²) >= 11 is 12.3. The van der Waals surface area contributed by atoms with Gasteiger partial charge in [-0.1, -0.05) is 29.3 Å². The second kappa shape index (κ2) is 8.14. The molecule has 3 rings (SSSR count). The van der Waals surface area contributed by atoms with E-state index in [9.17, 15) is 9.59 Å². The SMILES string of the molecule is COC(=O)c1cccn1C1CCN(C(=O)Cc2c(Cl)cccc2Cl)CC1. The van der Waals surface area contributed by atoms with Crippen LogP contribution >= 0.6 is 23.2 Å². The monoisotopic (exact) mass is 394 g/mol. The van der Waals surface area contributed by atoms with Crippen LogP contribution in [0.15, 0.2) is 36.5 Å². The second-order valence-corrected chi connectivity index (χ2v) is 7.10. The first-order valence-corrected chi connectivity index (χ1v) is 9.22. The van der Waals surface area contributed by atoms with E-state index < -0.39 is 0 Å². The molecule has 0 aliphatic carbocycles. The van der Waals surface area contributed by atoms with Crippen molar-refractivity contribution in [1.82, 2.24) is 9.47 Å². The number of carbonyl (C=O) groups excluding carboxylic acids is 2. The summed E-state index contributed by atoms with van der Waals surface area (Å²) in [4.78, 5) is 26.3. The summed E-state index contributed by atoms with van der Waals surface area (Å²) in [6, 6.07) is 9.00. The molecule has 5 nitrogen and oxygen atoms in total. The number of esters is 1. The Labute approximate surface area is 162 Å². The number of nitrogens with zero attached hydrogens (tertiary/aromatic N) is 2. The van der Waals surface area contributed by atoms with Gasteiger partial charge in [-0.2, -0.15) is 0 Å². The smallest absolute Gasteiger partial charge is 0.354 e. The minimum absolute atomic E-state index is 0.0131. The Morgan fingerprint density at radius 1 is 1.12 bits per heavy atom. The highest BCUT2D eigenvalue weighted by Crippen LogP contribution is 2.28. The Balaban J connectivity index is 1.63. The van der Waals surface area contributed by atoms with Crippen LogP contribution in [0.3, 0.4) is 0 Å². The topological polar surface area (TPSA) is 51.5 Å². The lowest BCUT2D eigenvalue weighted by atomic mass is 10.0. The van der Waals surface area contributed by atoms with Crippen LogP contribution in [0.25, 0.3) is 0 Å². The van der Waals surface area contributed by atoms with E-state index in [0.29, 0.717) is 34.4 Å². The lowest BCUT2D eigenvalue weighted by Crippen LogP contribution is -2.40. The maximum absolute atomic E-state index is 12.6. The van der Waals surface area contributed by atoms with Gasteiger partial charge in [-0.05, 0) is 42.7 Å². The van der Waals surface area contributed by atoms with Crippen molar-refractivity contribution < 1.29 is 14.3 Å². The third-order valence-corrected chi connectivity index (χ3v) is 5.48. The Bertz CT molecular complexity index is 791. The molecule has 1 saturated heterocycles. The molecule has 0 bridgehead atoms. The standard InChI is InChI=1S/C19H20Cl2N2O3/c1-26-19(25)17-6-3-9-23(17)13-7-10-22(11-8-13)18(24)12-14-15(20)4-2-5-16(14)21/h2-6,9,13H,7-8,10-12H2,1H3. The third kappa shape index (κ3) is 3.89. The Morgan fingerprint density at radius 2 is 1.77 bits per heavy atom. The predicted octanol–water partition coefficient (Wildman–Crippen LogP) is 3.99. The lowest BCUT2D eigenvalue weighted by molar-refractivity contribution is -0.131. The van der Waals surface area contributed by atoms with Crippen LogP contribution in [0, 0.1) is 0 Å². The number of aromatic nitrogens is 1. The van der Waals surface area contributed by atoms with Crippen molar-refractivity contribution in [2.24, 2.45) is 0 Å². The molecule has 0 saturated carbocycles. The van der Waals surface area contributed by atoms with Crippen molar-refractivity contribution in [2.45, 2.75) is 25.3 Å². The van der Waals surface area contributed by atoms with Gasteiger partial charge >= 0.3 is 5.97 Å². The zero-order valence-corrected chi connectivity index (χ0v) is 16.0. The van der Waals surface area contributed by atoms with E-state index in [1.165, 1.54) is 7.11 Å². The molecule has 0 atom stereocenters. The summed E-state index contributed by atoms with van der Waals surface area (Å²) in [6.07, 6.45) is 3.64. The van der Waals surface area contributed by atoms with Crippen LogP contribution in [0.4, 0.5) is 0 Å². The van der Waals surface area contributed by atoms with E-state index in [2.05, 4.69) is 0 Å². The Kier molecular flexibility index (Phi) is 5.89. The number of hydrogen-bond donors (Lipinski definition) is 0. The number of hydrogen-bond acceptors (Lipinski definition) is 3. The minimum atomic E-state index is -0.345. The summed E-state index contributed by atoms with van der Waals surface area (Å²) in [7, 11) is 1.38. The van der Waals surface area contributed by atoms with E-state index in [0.717, 1.165) is 12.8 Å². The first kappa shape index (κ1) is 18.8. The van der Waals surface area contributed by atoms with Crippen molar-refractivity contribution in [1.29, 1.82) is 0 Å². The highest BCUT2D eigenvalue weighted by atomic mass is 35.5. The van der Waals surface area contributed by atoms with Crippen LogP contribution in [0.2, 0.25) is 10.0 Å². The van der Waals surface area contributed by atoms with Gasteiger partial charge < -0.3 is 14.2 Å². The van der Waals surface area contributed by atoms with Crippen molar-refractivity contribution in [3.63, 3.8) is 0 Å². The summed E-state index contributed by atoms with van der Waals surface area (Å²) < 4.78 is 6.77. The van der Waals surface area contributed by atoms with Gasteiger partial charge in [-0.25, -0.2) is 4.79 Å². The van der Waals surface area contributed by atoms with Crippen LogP contribution in [-0.2, 0) is 16.0 Å². The number of amides is 1. The van der Waals surface area contributed by atoms with E-state index in [4.69, 9.17) is 27.9 Å². The third-order valence-electron chi connectivity index (χ3n) is 4.77. The largest absolute Gasteiger partial charge is 0.464 e. The molecule has 1 fully saturated rings. The number of halogens is 2. The average Bonchev–Trinajstić information content (AvgIpc) is 3.14. The summed E-state index contributed by atoms with van der Waals surface area (Å²) in [5.41, 5.74) is 1.21. The Hall–Kier alpha value is -1.98. The van der Waals surface area contributed by atoms with Gasteiger partial charge in [0.2, 0.25) is 5.91 Å². The molecule has 0 N–H and O–H groups in total. The molecule has 138 valence electrons. The number of benzene rings is 1. The van der Waals surface area contributed by atoms with Crippen LogP contribution < -0.4 is 0 Å². The van der Waals surface area contributed by atoms with Gasteiger partial charge in [0.05, 0.1) is 13.5 Å². The average molecular weight is 395 g/mol. The number of methoxy groups -OCH3 is 1. The van der Waals surface area contributed by atoms with Gasteiger partial charge in [-0.15, -0.1) is 0 Å². The lowest BCUT2D eigenvalue weighted by Gasteiger charge is -2.33. The van der Waals surface area contributed by atoms with Crippen molar-refractivity contribution >= 4 is 35.1 Å². The van der Waals surface area contributed by atoms with E-state index in [-0.39, 0.29) is 24.3 Å². The number of likely N-dealkylation sites (tertiary alicyclic amines) is 1. The minimum Gasteiger partial charge on any atom is -0.464 e. The molecule has 26 heavy (non-hydrogen) atoms. The second-order valence-electron chi connectivity index (χ2n) is 6.28. The van der Waals surface area contributed by atoms with Gasteiger partial charge in [0, 0.05) is 35.4 Å². The van der Waals surface area contributed by atoms with Gasteiger partial charge in [-0.3, -0.25) is 4.79 Å². The molecule has 1 aliphatic heterocycles. The van der Waals surface area contributed by atoms with E-state index in [1.807, 2.05) is 21.7 Å². The zero-order valence-electron chi connectivity index (χ0n) is 14.5. The molecular weight excluding hydrogens is 375 g/mol.